The van der Waals surface area contributed by atoms with Gasteiger partial charge in [-0.15, -0.1) is 0 Å². The normalized spacial score (nSPS) is 13.2. The summed E-state index contributed by atoms with van der Waals surface area (Å²) in [4.78, 5) is 0. The van der Waals surface area contributed by atoms with E-state index < -0.39 is 0 Å². The summed E-state index contributed by atoms with van der Waals surface area (Å²) in [7, 11) is 0. The average Bonchev–Trinajstić information content (AvgIpc) is 2.47. The Morgan fingerprint density at radius 2 is 1.42 bits per heavy atom. The molecule has 0 aromatic heterocycles. The molecule has 100 valence electrons. The van der Waals surface area contributed by atoms with Crippen molar-refractivity contribution in [2.24, 2.45) is 0 Å². The molecule has 1 nitrogen and oxygen atoms in total. The fraction of sp³-hybridized carbons (Fsp3) is 0.333. The maximum Gasteiger partial charge on any atom is 0.0292 e. The SMILES string of the molecule is CC(NCC(C)(C)c1ccccc1)c1ccccc1. The third-order valence-electron chi connectivity index (χ3n) is 3.71. The predicted octanol–water partition coefficient (Wildman–Crippen LogP) is 4.32. The highest BCUT2D eigenvalue weighted by Gasteiger charge is 2.20. The topological polar surface area (TPSA) is 12.0 Å². The minimum atomic E-state index is 0.143. The second-order valence-electron chi connectivity index (χ2n) is 5.76. The van der Waals surface area contributed by atoms with Crippen LogP contribution in [0.15, 0.2) is 60.7 Å². The summed E-state index contributed by atoms with van der Waals surface area (Å²) in [6, 6.07) is 21.7. The standard InChI is InChI=1S/C18H23N/c1-15(16-10-6-4-7-11-16)19-14-18(2,3)17-12-8-5-9-13-17/h4-13,15,19H,14H2,1-3H3. The van der Waals surface area contributed by atoms with Crippen molar-refractivity contribution in [3.8, 4) is 0 Å². The first-order valence-electron chi connectivity index (χ1n) is 6.93. The monoisotopic (exact) mass is 253 g/mol. The van der Waals surface area contributed by atoms with Crippen LogP contribution in [-0.4, -0.2) is 6.54 Å². The molecule has 2 aromatic rings. The molecule has 0 aliphatic rings. The molecular formula is C18H23N. The highest BCUT2D eigenvalue weighted by Crippen LogP contribution is 2.23. The first-order chi connectivity index (χ1) is 9.09. The summed E-state index contributed by atoms with van der Waals surface area (Å²) in [5, 5.41) is 3.64. The zero-order valence-corrected chi connectivity index (χ0v) is 12.1. The van der Waals surface area contributed by atoms with E-state index in [1.807, 2.05) is 0 Å². The number of rotatable bonds is 5. The van der Waals surface area contributed by atoms with Crippen LogP contribution in [-0.2, 0) is 5.41 Å². The molecule has 0 saturated carbocycles. The Labute approximate surface area is 116 Å². The fourth-order valence-corrected chi connectivity index (χ4v) is 2.26. The molecule has 0 saturated heterocycles. The van der Waals surface area contributed by atoms with E-state index in [-0.39, 0.29) is 5.41 Å². The van der Waals surface area contributed by atoms with Crippen LogP contribution in [0.3, 0.4) is 0 Å². The quantitative estimate of drug-likeness (QED) is 0.837. The van der Waals surface area contributed by atoms with Gasteiger partial charge in [-0.25, -0.2) is 0 Å². The molecule has 1 N–H and O–H groups in total. The Balaban J connectivity index is 1.99. The van der Waals surface area contributed by atoms with Gasteiger partial charge in [0.2, 0.25) is 0 Å². The van der Waals surface area contributed by atoms with Crippen molar-refractivity contribution in [3.63, 3.8) is 0 Å². The summed E-state index contributed by atoms with van der Waals surface area (Å²) in [6.45, 7) is 7.75. The van der Waals surface area contributed by atoms with Gasteiger partial charge in [-0.05, 0) is 18.1 Å². The molecule has 0 fully saturated rings. The molecule has 0 heterocycles. The van der Waals surface area contributed by atoms with Crippen LogP contribution in [0.1, 0.15) is 37.9 Å². The van der Waals surface area contributed by atoms with Crippen LogP contribution in [0.4, 0.5) is 0 Å². The second kappa shape index (κ2) is 6.03. The van der Waals surface area contributed by atoms with Crippen LogP contribution in [0.25, 0.3) is 0 Å². The fourth-order valence-electron chi connectivity index (χ4n) is 2.26. The smallest absolute Gasteiger partial charge is 0.0292 e. The van der Waals surface area contributed by atoms with E-state index in [9.17, 15) is 0 Å². The second-order valence-corrected chi connectivity index (χ2v) is 5.76. The summed E-state index contributed by atoms with van der Waals surface area (Å²) in [5.41, 5.74) is 2.86. The van der Waals surface area contributed by atoms with E-state index in [4.69, 9.17) is 0 Å². The minimum Gasteiger partial charge on any atom is -0.309 e. The van der Waals surface area contributed by atoms with Crippen molar-refractivity contribution in [1.82, 2.24) is 5.32 Å². The van der Waals surface area contributed by atoms with Crippen molar-refractivity contribution in [3.05, 3.63) is 71.8 Å². The molecule has 19 heavy (non-hydrogen) atoms. The number of benzene rings is 2. The molecule has 0 amide bonds. The van der Waals surface area contributed by atoms with E-state index in [0.717, 1.165) is 6.54 Å². The molecule has 0 radical (unpaired) electrons. The Hall–Kier alpha value is -1.60. The van der Waals surface area contributed by atoms with Crippen LogP contribution in [0, 0.1) is 0 Å². The summed E-state index contributed by atoms with van der Waals surface area (Å²) < 4.78 is 0. The minimum absolute atomic E-state index is 0.143. The number of nitrogens with one attached hydrogen (secondary N) is 1. The van der Waals surface area contributed by atoms with Crippen LogP contribution >= 0.6 is 0 Å². The van der Waals surface area contributed by atoms with E-state index in [1.165, 1.54) is 11.1 Å². The van der Waals surface area contributed by atoms with E-state index >= 15 is 0 Å². The van der Waals surface area contributed by atoms with Crippen molar-refractivity contribution >= 4 is 0 Å². The molecule has 1 heteroatoms. The first kappa shape index (κ1) is 13.8. The van der Waals surface area contributed by atoms with Crippen LogP contribution in [0.5, 0.6) is 0 Å². The number of hydrogen-bond donors (Lipinski definition) is 1. The Morgan fingerprint density at radius 3 is 2.00 bits per heavy atom. The van der Waals surface area contributed by atoms with Gasteiger partial charge in [-0.2, -0.15) is 0 Å². The number of hydrogen-bond acceptors (Lipinski definition) is 1. The molecule has 2 aromatic carbocycles. The predicted molar refractivity (Wildman–Crippen MR) is 82.3 cm³/mol. The molecule has 1 atom stereocenters. The van der Waals surface area contributed by atoms with E-state index in [1.54, 1.807) is 0 Å². The molecule has 0 aliphatic carbocycles. The lowest BCUT2D eigenvalue weighted by Crippen LogP contribution is -2.34. The summed E-state index contributed by atoms with van der Waals surface area (Å²) in [6.07, 6.45) is 0. The lowest BCUT2D eigenvalue weighted by molar-refractivity contribution is 0.435. The van der Waals surface area contributed by atoms with Gasteiger partial charge in [-0.1, -0.05) is 74.5 Å². The molecular weight excluding hydrogens is 230 g/mol. The Bertz CT molecular complexity index is 488. The maximum absolute atomic E-state index is 3.64. The third-order valence-corrected chi connectivity index (χ3v) is 3.71. The third kappa shape index (κ3) is 3.68. The van der Waals surface area contributed by atoms with Gasteiger partial charge in [0.1, 0.15) is 0 Å². The average molecular weight is 253 g/mol. The zero-order chi connectivity index (χ0) is 13.7. The van der Waals surface area contributed by atoms with Gasteiger partial charge >= 0.3 is 0 Å². The van der Waals surface area contributed by atoms with Crippen LogP contribution < -0.4 is 5.32 Å². The maximum atomic E-state index is 3.64. The van der Waals surface area contributed by atoms with Crippen LogP contribution in [0.2, 0.25) is 0 Å². The van der Waals surface area contributed by atoms with Gasteiger partial charge < -0.3 is 5.32 Å². The molecule has 0 spiro atoms. The van der Waals surface area contributed by atoms with Crippen molar-refractivity contribution in [2.45, 2.75) is 32.2 Å². The molecule has 0 bridgehead atoms. The van der Waals surface area contributed by atoms with E-state index in [2.05, 4.69) is 86.8 Å². The Kier molecular flexibility index (Phi) is 4.39. The van der Waals surface area contributed by atoms with Gasteiger partial charge in [0.05, 0.1) is 0 Å². The van der Waals surface area contributed by atoms with Crippen molar-refractivity contribution in [2.75, 3.05) is 6.54 Å². The van der Waals surface area contributed by atoms with Crippen molar-refractivity contribution < 1.29 is 0 Å². The lowest BCUT2D eigenvalue weighted by Gasteiger charge is -2.28. The zero-order valence-electron chi connectivity index (χ0n) is 12.1. The van der Waals surface area contributed by atoms with Gasteiger partial charge in [0, 0.05) is 18.0 Å². The van der Waals surface area contributed by atoms with E-state index in [0.29, 0.717) is 6.04 Å². The Morgan fingerprint density at radius 1 is 0.895 bits per heavy atom. The highest BCUT2D eigenvalue weighted by atomic mass is 14.9. The van der Waals surface area contributed by atoms with Crippen molar-refractivity contribution in [1.29, 1.82) is 0 Å². The lowest BCUT2D eigenvalue weighted by atomic mass is 9.84. The molecule has 2 rings (SSSR count). The van der Waals surface area contributed by atoms with Gasteiger partial charge in [0.25, 0.3) is 0 Å². The molecule has 0 aliphatic heterocycles. The summed E-state index contributed by atoms with van der Waals surface area (Å²) >= 11 is 0. The first-order valence-corrected chi connectivity index (χ1v) is 6.93. The van der Waals surface area contributed by atoms with Gasteiger partial charge in [0.15, 0.2) is 0 Å². The summed E-state index contributed by atoms with van der Waals surface area (Å²) in [5.74, 6) is 0. The highest BCUT2D eigenvalue weighted by molar-refractivity contribution is 5.24. The van der Waals surface area contributed by atoms with Gasteiger partial charge in [-0.3, -0.25) is 0 Å². The largest absolute Gasteiger partial charge is 0.309 e. The molecule has 1 unspecified atom stereocenters.